The summed E-state index contributed by atoms with van der Waals surface area (Å²) in [7, 11) is 0. The largest absolute Gasteiger partial charge is 0.494 e. The number of Topliss-reactive ketones (excluding diaryl/α,β-unsaturated/α-hetero) is 1. The van der Waals surface area contributed by atoms with E-state index in [4.69, 9.17) is 4.74 Å². The molecule has 0 saturated heterocycles. The maximum Gasteiger partial charge on any atom is 0.263 e. The lowest BCUT2D eigenvalue weighted by Crippen LogP contribution is -2.22. The highest BCUT2D eigenvalue weighted by Gasteiger charge is 2.17. The minimum Gasteiger partial charge on any atom is -0.494 e. The van der Waals surface area contributed by atoms with Crippen LogP contribution >= 0.6 is 11.8 Å². The van der Waals surface area contributed by atoms with Crippen molar-refractivity contribution in [2.24, 2.45) is 0 Å². The molecule has 0 N–H and O–H groups in total. The van der Waals surface area contributed by atoms with Gasteiger partial charge in [0.15, 0.2) is 10.9 Å². The second-order valence-corrected chi connectivity index (χ2v) is 7.45. The number of aromatic nitrogens is 4. The quantitative estimate of drug-likeness (QED) is 0.246. The lowest BCUT2D eigenvalue weighted by atomic mass is 10.1. The Morgan fingerprint density at radius 3 is 2.67 bits per heavy atom. The summed E-state index contributed by atoms with van der Waals surface area (Å²) in [6.45, 7) is 6.54. The Kier molecular flexibility index (Phi) is 5.67. The van der Waals surface area contributed by atoms with E-state index < -0.39 is 0 Å². The minimum absolute atomic E-state index is 0.0245. The van der Waals surface area contributed by atoms with E-state index in [0.717, 1.165) is 5.75 Å². The fraction of sp³-hybridized carbons (Fsp3) is 0.182. The van der Waals surface area contributed by atoms with Crippen LogP contribution in [-0.4, -0.2) is 37.3 Å². The Labute approximate surface area is 177 Å². The van der Waals surface area contributed by atoms with Crippen LogP contribution < -0.4 is 10.3 Å². The molecule has 0 unspecified atom stereocenters. The van der Waals surface area contributed by atoms with Gasteiger partial charge in [0.1, 0.15) is 5.75 Å². The minimum atomic E-state index is -0.146. The summed E-state index contributed by atoms with van der Waals surface area (Å²) in [6.07, 6.45) is 1.65. The molecular formula is C22H20N4O3S. The fourth-order valence-electron chi connectivity index (χ4n) is 3.24. The highest BCUT2D eigenvalue weighted by molar-refractivity contribution is 7.99. The Balaban J connectivity index is 1.67. The number of hydrogen-bond acceptors (Lipinski definition) is 6. The predicted molar refractivity (Wildman–Crippen MR) is 118 cm³/mol. The molecule has 4 aromatic rings. The first-order valence-corrected chi connectivity index (χ1v) is 10.5. The van der Waals surface area contributed by atoms with E-state index in [-0.39, 0.29) is 17.1 Å². The van der Waals surface area contributed by atoms with Crippen molar-refractivity contribution >= 4 is 34.2 Å². The summed E-state index contributed by atoms with van der Waals surface area (Å²) in [5, 5.41) is 9.57. The molecule has 0 fully saturated rings. The summed E-state index contributed by atoms with van der Waals surface area (Å²) >= 11 is 1.29. The smallest absolute Gasteiger partial charge is 0.263 e. The number of nitrogens with zero attached hydrogens (tertiary/aromatic N) is 4. The number of ketones is 1. The zero-order chi connectivity index (χ0) is 21.1. The molecule has 0 aliphatic heterocycles. The number of hydrogen-bond donors (Lipinski definition) is 0. The lowest BCUT2D eigenvalue weighted by molar-refractivity contribution is 0.102. The number of ether oxygens (including phenoxy) is 1. The molecule has 2 aromatic heterocycles. The molecule has 2 heterocycles. The monoisotopic (exact) mass is 420 g/mol. The van der Waals surface area contributed by atoms with Gasteiger partial charge in [-0.25, -0.2) is 0 Å². The van der Waals surface area contributed by atoms with Crippen LogP contribution in [0, 0.1) is 0 Å². The summed E-state index contributed by atoms with van der Waals surface area (Å²) in [5.74, 6) is 1.33. The van der Waals surface area contributed by atoms with Gasteiger partial charge in [-0.2, -0.15) is 0 Å². The Morgan fingerprint density at radius 2 is 1.93 bits per heavy atom. The summed E-state index contributed by atoms with van der Waals surface area (Å²) in [4.78, 5) is 25.5. The lowest BCUT2D eigenvalue weighted by Gasteiger charge is -2.09. The van der Waals surface area contributed by atoms with Crippen molar-refractivity contribution in [2.45, 2.75) is 18.6 Å². The molecule has 0 radical (unpaired) electrons. The first kappa shape index (κ1) is 19.9. The highest BCUT2D eigenvalue weighted by Crippen LogP contribution is 2.23. The van der Waals surface area contributed by atoms with E-state index in [1.807, 2.05) is 29.5 Å². The Hall–Kier alpha value is -3.39. The third-order valence-corrected chi connectivity index (χ3v) is 5.54. The van der Waals surface area contributed by atoms with Crippen molar-refractivity contribution in [3.05, 3.63) is 77.1 Å². The standard InChI is InChI=1S/C22H20N4O3S/c1-3-13-25-20(28)17-7-5-6-8-18(17)26-21(25)23-24-22(26)30-14-19(27)15-9-11-16(12-10-15)29-4-2/h3,5-12H,1,4,13-14H2,2H3. The van der Waals surface area contributed by atoms with Crippen LogP contribution in [0.2, 0.25) is 0 Å². The van der Waals surface area contributed by atoms with E-state index in [9.17, 15) is 9.59 Å². The van der Waals surface area contributed by atoms with Crippen LogP contribution in [0.1, 0.15) is 17.3 Å². The van der Waals surface area contributed by atoms with Crippen LogP contribution in [0.4, 0.5) is 0 Å². The van der Waals surface area contributed by atoms with Crippen molar-refractivity contribution in [2.75, 3.05) is 12.4 Å². The molecular weight excluding hydrogens is 400 g/mol. The van der Waals surface area contributed by atoms with Crippen molar-refractivity contribution in [1.82, 2.24) is 19.2 Å². The van der Waals surface area contributed by atoms with E-state index >= 15 is 0 Å². The third kappa shape index (κ3) is 3.61. The van der Waals surface area contributed by atoms with Gasteiger partial charge in [-0.05, 0) is 43.3 Å². The number of rotatable bonds is 8. The van der Waals surface area contributed by atoms with Crippen LogP contribution in [0.15, 0.2) is 71.1 Å². The second kappa shape index (κ2) is 8.54. The van der Waals surface area contributed by atoms with Gasteiger partial charge in [0, 0.05) is 12.1 Å². The average molecular weight is 420 g/mol. The first-order chi connectivity index (χ1) is 14.6. The fourth-order valence-corrected chi connectivity index (χ4v) is 4.07. The van der Waals surface area contributed by atoms with Gasteiger partial charge in [-0.3, -0.25) is 18.6 Å². The molecule has 2 aromatic carbocycles. The number of allylic oxidation sites excluding steroid dienone is 1. The summed E-state index contributed by atoms with van der Waals surface area (Å²) in [5.41, 5.74) is 1.17. The van der Waals surface area contributed by atoms with E-state index in [1.165, 1.54) is 16.3 Å². The van der Waals surface area contributed by atoms with Crippen molar-refractivity contribution in [1.29, 1.82) is 0 Å². The molecule has 0 atom stereocenters. The number of fused-ring (bicyclic) bond motifs is 3. The topological polar surface area (TPSA) is 78.5 Å². The first-order valence-electron chi connectivity index (χ1n) is 9.50. The molecule has 152 valence electrons. The van der Waals surface area contributed by atoms with Gasteiger partial charge in [-0.1, -0.05) is 30.0 Å². The van der Waals surface area contributed by atoms with Crippen molar-refractivity contribution < 1.29 is 9.53 Å². The van der Waals surface area contributed by atoms with Gasteiger partial charge >= 0.3 is 0 Å². The van der Waals surface area contributed by atoms with E-state index in [1.54, 1.807) is 36.4 Å². The molecule has 0 spiro atoms. The molecule has 8 heteroatoms. The maximum atomic E-state index is 12.8. The molecule has 30 heavy (non-hydrogen) atoms. The average Bonchev–Trinajstić information content (AvgIpc) is 3.20. The Morgan fingerprint density at radius 1 is 1.17 bits per heavy atom. The molecule has 7 nitrogen and oxygen atoms in total. The van der Waals surface area contributed by atoms with Crippen LogP contribution in [0.3, 0.4) is 0 Å². The number of carbonyl (C=O) groups excluding carboxylic acids is 1. The van der Waals surface area contributed by atoms with E-state index in [0.29, 0.717) is 40.6 Å². The number of carbonyl (C=O) groups is 1. The van der Waals surface area contributed by atoms with Crippen LogP contribution in [0.25, 0.3) is 16.7 Å². The van der Waals surface area contributed by atoms with E-state index in [2.05, 4.69) is 16.8 Å². The SMILES string of the molecule is C=CCn1c(=O)c2ccccc2n2c(SCC(=O)c3ccc(OCC)cc3)nnc12. The number of thioether (sulfide) groups is 1. The molecule has 0 bridgehead atoms. The van der Waals surface area contributed by atoms with Gasteiger partial charge in [0.05, 0.1) is 23.3 Å². The normalized spacial score (nSPS) is 11.1. The second-order valence-electron chi connectivity index (χ2n) is 6.51. The maximum absolute atomic E-state index is 12.8. The zero-order valence-corrected chi connectivity index (χ0v) is 17.3. The molecule has 0 aliphatic carbocycles. The number of benzene rings is 2. The van der Waals surface area contributed by atoms with Gasteiger partial charge in [0.25, 0.3) is 5.56 Å². The highest BCUT2D eigenvalue weighted by atomic mass is 32.2. The van der Waals surface area contributed by atoms with Gasteiger partial charge in [0.2, 0.25) is 5.78 Å². The number of para-hydroxylation sites is 1. The van der Waals surface area contributed by atoms with Gasteiger partial charge < -0.3 is 4.74 Å². The van der Waals surface area contributed by atoms with Gasteiger partial charge in [-0.15, -0.1) is 16.8 Å². The molecule has 4 rings (SSSR count). The van der Waals surface area contributed by atoms with Crippen molar-refractivity contribution in [3.8, 4) is 5.75 Å². The predicted octanol–water partition coefficient (Wildman–Crippen LogP) is 3.60. The third-order valence-electron chi connectivity index (χ3n) is 4.61. The zero-order valence-electron chi connectivity index (χ0n) is 16.4. The summed E-state index contributed by atoms with van der Waals surface area (Å²) in [6, 6.07) is 14.4. The van der Waals surface area contributed by atoms with Crippen LogP contribution in [-0.2, 0) is 6.54 Å². The molecule has 0 amide bonds. The van der Waals surface area contributed by atoms with Crippen molar-refractivity contribution in [3.63, 3.8) is 0 Å². The Bertz CT molecular complexity index is 1290. The summed E-state index contributed by atoms with van der Waals surface area (Å²) < 4.78 is 8.76. The van der Waals surface area contributed by atoms with Crippen LogP contribution in [0.5, 0.6) is 5.75 Å². The molecule has 0 saturated carbocycles. The molecule has 0 aliphatic rings.